The first-order chi connectivity index (χ1) is 10.0. The van der Waals surface area contributed by atoms with Crippen molar-refractivity contribution in [3.63, 3.8) is 0 Å². The Labute approximate surface area is 129 Å². The summed E-state index contributed by atoms with van der Waals surface area (Å²) in [6.07, 6.45) is 3.47. The summed E-state index contributed by atoms with van der Waals surface area (Å²) < 4.78 is 5.62. The van der Waals surface area contributed by atoms with Crippen molar-refractivity contribution in [2.24, 2.45) is 5.92 Å². The first kappa shape index (κ1) is 16.2. The van der Waals surface area contributed by atoms with Crippen LogP contribution in [0.2, 0.25) is 0 Å². The molecule has 118 valence electrons. The molecule has 0 saturated heterocycles. The van der Waals surface area contributed by atoms with E-state index in [4.69, 9.17) is 4.74 Å². The van der Waals surface area contributed by atoms with Crippen molar-refractivity contribution in [1.82, 2.24) is 4.98 Å². The molecular weight excluding hydrogens is 288 g/mol. The number of aromatic carboxylic acids is 1. The van der Waals surface area contributed by atoms with Crippen LogP contribution in [0.1, 0.15) is 54.4 Å². The minimum absolute atomic E-state index is 0.167. The average molecular weight is 312 g/mol. The van der Waals surface area contributed by atoms with Gasteiger partial charge in [0.25, 0.3) is 0 Å². The molecule has 21 heavy (non-hydrogen) atoms. The first-order valence-electron chi connectivity index (χ1n) is 7.55. The van der Waals surface area contributed by atoms with E-state index in [1.807, 2.05) is 25.8 Å². The molecule has 6 heteroatoms. The number of rotatable bonds is 9. The molecule has 0 aliphatic heterocycles. The third-order valence-corrected chi connectivity index (χ3v) is 5.04. The Morgan fingerprint density at radius 3 is 2.86 bits per heavy atom. The van der Waals surface area contributed by atoms with E-state index in [1.165, 1.54) is 24.2 Å². The molecule has 0 spiro atoms. The molecule has 0 radical (unpaired) electrons. The second-order valence-electron chi connectivity index (χ2n) is 5.77. The number of hydrogen-bond acceptors (Lipinski definition) is 5. The molecule has 1 fully saturated rings. The molecule has 1 unspecified atom stereocenters. The summed E-state index contributed by atoms with van der Waals surface area (Å²) >= 11 is 1.26. The number of anilines is 1. The van der Waals surface area contributed by atoms with Gasteiger partial charge in [-0.3, -0.25) is 0 Å². The number of thiazole rings is 1. The number of likely N-dealkylation sites (N-methyl/N-ethyl adjacent to an activating group) is 1. The van der Waals surface area contributed by atoms with Gasteiger partial charge in [-0.1, -0.05) is 25.2 Å². The van der Waals surface area contributed by atoms with Crippen molar-refractivity contribution >= 4 is 22.4 Å². The molecule has 1 aliphatic carbocycles. The van der Waals surface area contributed by atoms with Crippen molar-refractivity contribution in [2.75, 3.05) is 31.7 Å². The molecule has 0 aromatic carbocycles. The molecule has 1 N–H and O–H groups in total. The SMILES string of the molecule is CCC(C)c1nc(N(C)CCOCC2CC2)sc1C(=O)O. The lowest BCUT2D eigenvalue weighted by atomic mass is 10.0. The smallest absolute Gasteiger partial charge is 0.347 e. The summed E-state index contributed by atoms with van der Waals surface area (Å²) in [7, 11) is 1.94. The Morgan fingerprint density at radius 2 is 2.29 bits per heavy atom. The highest BCUT2D eigenvalue weighted by molar-refractivity contribution is 7.17. The monoisotopic (exact) mass is 312 g/mol. The summed E-state index contributed by atoms with van der Waals surface area (Å²) in [6, 6.07) is 0. The molecule has 2 rings (SSSR count). The molecule has 1 saturated carbocycles. The molecule has 0 amide bonds. The van der Waals surface area contributed by atoms with Crippen LogP contribution in [0.3, 0.4) is 0 Å². The van der Waals surface area contributed by atoms with Crippen LogP contribution in [0.4, 0.5) is 5.13 Å². The fourth-order valence-electron chi connectivity index (χ4n) is 2.00. The van der Waals surface area contributed by atoms with Crippen LogP contribution in [-0.4, -0.2) is 42.9 Å². The normalized spacial score (nSPS) is 16.0. The average Bonchev–Trinajstić information content (AvgIpc) is 3.17. The van der Waals surface area contributed by atoms with Crippen molar-refractivity contribution < 1.29 is 14.6 Å². The Hall–Kier alpha value is -1.14. The number of carboxylic acid groups (broad SMARTS) is 1. The van der Waals surface area contributed by atoms with E-state index in [9.17, 15) is 9.90 Å². The molecule has 0 bridgehead atoms. The second-order valence-corrected chi connectivity index (χ2v) is 6.74. The van der Waals surface area contributed by atoms with Crippen LogP contribution in [0.15, 0.2) is 0 Å². The van der Waals surface area contributed by atoms with Gasteiger partial charge in [0.2, 0.25) is 0 Å². The third-order valence-electron chi connectivity index (χ3n) is 3.86. The van der Waals surface area contributed by atoms with Crippen LogP contribution >= 0.6 is 11.3 Å². The Morgan fingerprint density at radius 1 is 1.57 bits per heavy atom. The lowest BCUT2D eigenvalue weighted by molar-refractivity contribution is 0.0700. The molecule has 1 atom stereocenters. The van der Waals surface area contributed by atoms with Gasteiger partial charge in [0.05, 0.1) is 12.3 Å². The lowest BCUT2D eigenvalue weighted by Crippen LogP contribution is -2.22. The van der Waals surface area contributed by atoms with E-state index in [2.05, 4.69) is 4.98 Å². The number of aromatic nitrogens is 1. The van der Waals surface area contributed by atoms with E-state index in [0.29, 0.717) is 17.2 Å². The van der Waals surface area contributed by atoms with Gasteiger partial charge in [-0.05, 0) is 31.1 Å². The second kappa shape index (κ2) is 7.22. The van der Waals surface area contributed by atoms with E-state index >= 15 is 0 Å². The largest absolute Gasteiger partial charge is 0.477 e. The van der Waals surface area contributed by atoms with Crippen LogP contribution in [0.5, 0.6) is 0 Å². The zero-order chi connectivity index (χ0) is 15.4. The van der Waals surface area contributed by atoms with Gasteiger partial charge in [0.1, 0.15) is 4.88 Å². The molecule has 1 aromatic heterocycles. The van der Waals surface area contributed by atoms with E-state index < -0.39 is 5.97 Å². The fraction of sp³-hybridized carbons (Fsp3) is 0.733. The summed E-state index contributed by atoms with van der Waals surface area (Å²) in [6.45, 7) is 6.31. The van der Waals surface area contributed by atoms with Gasteiger partial charge in [0.15, 0.2) is 5.13 Å². The van der Waals surface area contributed by atoms with Crippen LogP contribution in [0, 0.1) is 5.92 Å². The summed E-state index contributed by atoms with van der Waals surface area (Å²) in [4.78, 5) is 18.2. The minimum atomic E-state index is -0.882. The maximum Gasteiger partial charge on any atom is 0.347 e. The summed E-state index contributed by atoms with van der Waals surface area (Å²) in [5.74, 6) is 0.0545. The summed E-state index contributed by atoms with van der Waals surface area (Å²) in [5, 5.41) is 10.1. The maximum atomic E-state index is 11.3. The van der Waals surface area contributed by atoms with Crippen molar-refractivity contribution in [1.29, 1.82) is 0 Å². The Balaban J connectivity index is 1.95. The minimum Gasteiger partial charge on any atom is -0.477 e. The van der Waals surface area contributed by atoms with Crippen LogP contribution < -0.4 is 4.90 Å². The predicted octanol–water partition coefficient (Wildman–Crippen LogP) is 3.22. The van der Waals surface area contributed by atoms with E-state index in [1.54, 1.807) is 0 Å². The number of nitrogens with zero attached hydrogens (tertiary/aromatic N) is 2. The quantitative estimate of drug-likeness (QED) is 0.709. The van der Waals surface area contributed by atoms with Crippen LogP contribution in [-0.2, 0) is 4.74 Å². The topological polar surface area (TPSA) is 62.7 Å². The summed E-state index contributed by atoms with van der Waals surface area (Å²) in [5.41, 5.74) is 0.704. The first-order valence-corrected chi connectivity index (χ1v) is 8.37. The van der Waals surface area contributed by atoms with Gasteiger partial charge in [-0.2, -0.15) is 0 Å². The molecule has 1 aliphatic rings. The molecule has 1 aromatic rings. The molecule has 5 nitrogen and oxygen atoms in total. The highest BCUT2D eigenvalue weighted by atomic mass is 32.1. The maximum absolute atomic E-state index is 11.3. The van der Waals surface area contributed by atoms with Crippen molar-refractivity contribution in [3.8, 4) is 0 Å². The molecule has 1 heterocycles. The Bertz CT molecular complexity index is 485. The Kier molecular flexibility index (Phi) is 5.58. The standard InChI is InChI=1S/C15H24N2O3S/c1-4-10(2)12-13(14(18)19)21-15(16-12)17(3)7-8-20-9-11-5-6-11/h10-11H,4-9H2,1-3H3,(H,18,19). The third kappa shape index (κ3) is 4.41. The fourth-order valence-corrected chi connectivity index (χ4v) is 3.01. The number of ether oxygens (including phenoxy) is 1. The predicted molar refractivity (Wildman–Crippen MR) is 84.6 cm³/mol. The zero-order valence-electron chi connectivity index (χ0n) is 13.0. The van der Waals surface area contributed by atoms with Gasteiger partial charge < -0.3 is 14.7 Å². The van der Waals surface area contributed by atoms with Crippen molar-refractivity contribution in [2.45, 2.75) is 39.0 Å². The van der Waals surface area contributed by atoms with Crippen LogP contribution in [0.25, 0.3) is 0 Å². The number of carbonyl (C=O) groups is 1. The van der Waals surface area contributed by atoms with E-state index in [-0.39, 0.29) is 5.92 Å². The van der Waals surface area contributed by atoms with Crippen molar-refractivity contribution in [3.05, 3.63) is 10.6 Å². The number of hydrogen-bond donors (Lipinski definition) is 1. The van der Waals surface area contributed by atoms with Gasteiger partial charge in [0, 0.05) is 20.2 Å². The molecular formula is C15H24N2O3S. The van der Waals surface area contributed by atoms with E-state index in [0.717, 1.165) is 30.6 Å². The highest BCUT2D eigenvalue weighted by Gasteiger charge is 2.23. The lowest BCUT2D eigenvalue weighted by Gasteiger charge is -2.15. The van der Waals surface area contributed by atoms with Gasteiger partial charge in [-0.15, -0.1) is 0 Å². The number of carboxylic acids is 1. The highest BCUT2D eigenvalue weighted by Crippen LogP contribution is 2.32. The van der Waals surface area contributed by atoms with Gasteiger partial charge >= 0.3 is 5.97 Å². The van der Waals surface area contributed by atoms with Gasteiger partial charge in [-0.25, -0.2) is 9.78 Å². The zero-order valence-corrected chi connectivity index (χ0v) is 13.8.